The molecule has 0 spiro atoms. The molecule has 0 aliphatic rings. The maximum atomic E-state index is 12.3. The second-order valence-corrected chi connectivity index (χ2v) is 4.78. The number of nitrogens with zero attached hydrogens (tertiary/aromatic N) is 1. The van der Waals surface area contributed by atoms with Crippen molar-refractivity contribution in [2.45, 2.75) is 6.92 Å². The van der Waals surface area contributed by atoms with E-state index in [-0.39, 0.29) is 5.91 Å². The van der Waals surface area contributed by atoms with Crippen molar-refractivity contribution in [1.82, 2.24) is 4.57 Å². The molecule has 0 fully saturated rings. The summed E-state index contributed by atoms with van der Waals surface area (Å²) in [6.07, 6.45) is 5.34. The predicted molar refractivity (Wildman–Crippen MR) is 82.8 cm³/mol. The van der Waals surface area contributed by atoms with E-state index in [2.05, 4.69) is 0 Å². The molecule has 20 heavy (non-hydrogen) atoms. The molecule has 0 unspecified atom stereocenters. The van der Waals surface area contributed by atoms with E-state index < -0.39 is 0 Å². The molecule has 0 saturated heterocycles. The van der Waals surface area contributed by atoms with Crippen molar-refractivity contribution in [1.29, 1.82) is 0 Å². The number of fused-ring (bicyclic) bond motifs is 1. The van der Waals surface area contributed by atoms with Crippen molar-refractivity contribution in [2.24, 2.45) is 0 Å². The first kappa shape index (κ1) is 12.4. The minimum atomic E-state index is -0.0295. The smallest absolute Gasteiger partial charge is 0.255 e. The minimum Gasteiger partial charge on any atom is -0.283 e. The fourth-order valence-electron chi connectivity index (χ4n) is 2.34. The molecule has 1 heterocycles. The van der Waals surface area contributed by atoms with Crippen molar-refractivity contribution in [3.63, 3.8) is 0 Å². The highest BCUT2D eigenvalue weighted by Crippen LogP contribution is 2.20. The summed E-state index contributed by atoms with van der Waals surface area (Å²) in [5, 5.41) is 1.12. The summed E-state index contributed by atoms with van der Waals surface area (Å²) >= 11 is 0. The third-order valence-electron chi connectivity index (χ3n) is 3.37. The zero-order valence-corrected chi connectivity index (χ0v) is 11.3. The average Bonchev–Trinajstić information content (AvgIpc) is 2.84. The number of carbonyl (C=O) groups excluding carboxylic acids is 1. The van der Waals surface area contributed by atoms with Crippen LogP contribution in [0, 0.1) is 6.92 Å². The summed E-state index contributed by atoms with van der Waals surface area (Å²) in [7, 11) is 0. The molecule has 98 valence electrons. The van der Waals surface area contributed by atoms with Crippen LogP contribution in [0.25, 0.3) is 17.0 Å². The van der Waals surface area contributed by atoms with Crippen LogP contribution in [0.5, 0.6) is 0 Å². The summed E-state index contributed by atoms with van der Waals surface area (Å²) < 4.78 is 1.70. The lowest BCUT2D eigenvalue weighted by atomic mass is 10.2. The molecule has 1 aromatic heterocycles. The van der Waals surface area contributed by atoms with Crippen LogP contribution in [-0.2, 0) is 0 Å². The van der Waals surface area contributed by atoms with Gasteiger partial charge < -0.3 is 0 Å². The Morgan fingerprint density at radius 3 is 2.50 bits per heavy atom. The highest BCUT2D eigenvalue weighted by atomic mass is 16.1. The maximum Gasteiger partial charge on any atom is 0.255 e. The van der Waals surface area contributed by atoms with Gasteiger partial charge >= 0.3 is 0 Å². The number of aromatic nitrogens is 1. The van der Waals surface area contributed by atoms with Gasteiger partial charge in [0, 0.05) is 17.7 Å². The number of hydrogen-bond donors (Lipinski definition) is 0. The second-order valence-electron chi connectivity index (χ2n) is 4.78. The summed E-state index contributed by atoms with van der Waals surface area (Å²) in [4.78, 5) is 12.3. The molecule has 0 radical (unpaired) electrons. The van der Waals surface area contributed by atoms with Crippen LogP contribution in [0.1, 0.15) is 15.9 Å². The second kappa shape index (κ2) is 5.17. The molecule has 2 heteroatoms. The van der Waals surface area contributed by atoms with Crippen LogP contribution in [0.15, 0.2) is 66.9 Å². The Morgan fingerprint density at radius 2 is 1.70 bits per heavy atom. The van der Waals surface area contributed by atoms with Gasteiger partial charge in [0.25, 0.3) is 5.91 Å². The number of aryl methyl sites for hydroxylation is 1. The van der Waals surface area contributed by atoms with E-state index in [1.165, 1.54) is 0 Å². The van der Waals surface area contributed by atoms with Crippen molar-refractivity contribution < 1.29 is 4.79 Å². The fourth-order valence-corrected chi connectivity index (χ4v) is 2.34. The summed E-state index contributed by atoms with van der Waals surface area (Å²) in [5.41, 5.74) is 3.09. The Bertz CT molecular complexity index is 782. The van der Waals surface area contributed by atoms with E-state index in [4.69, 9.17) is 0 Å². The molecule has 2 aromatic carbocycles. The van der Waals surface area contributed by atoms with Crippen LogP contribution < -0.4 is 0 Å². The highest BCUT2D eigenvalue weighted by molar-refractivity contribution is 6.01. The Morgan fingerprint density at radius 1 is 1.00 bits per heavy atom. The van der Waals surface area contributed by atoms with Gasteiger partial charge in [0.05, 0.1) is 5.52 Å². The molecule has 0 N–H and O–H groups in total. The number of rotatable bonds is 2. The average molecular weight is 261 g/mol. The van der Waals surface area contributed by atoms with Gasteiger partial charge in [-0.1, -0.05) is 48.5 Å². The lowest BCUT2D eigenvalue weighted by Crippen LogP contribution is -2.04. The molecule has 0 atom stereocenters. The molecule has 0 aliphatic carbocycles. The van der Waals surface area contributed by atoms with Gasteiger partial charge in [-0.05, 0) is 30.2 Å². The molecular formula is C18H15NO. The van der Waals surface area contributed by atoms with Crippen molar-refractivity contribution >= 4 is 22.9 Å². The van der Waals surface area contributed by atoms with E-state index >= 15 is 0 Å². The predicted octanol–water partition coefficient (Wildman–Crippen LogP) is 4.30. The highest BCUT2D eigenvalue weighted by Gasteiger charge is 2.08. The molecule has 0 bridgehead atoms. The topological polar surface area (TPSA) is 22.0 Å². The molecule has 3 aromatic rings. The minimum absolute atomic E-state index is 0.0295. The Hall–Kier alpha value is -2.61. The lowest BCUT2D eigenvalue weighted by molar-refractivity contribution is 0.0974. The summed E-state index contributed by atoms with van der Waals surface area (Å²) in [5.74, 6) is -0.0295. The van der Waals surface area contributed by atoms with Gasteiger partial charge in [-0.2, -0.15) is 0 Å². The number of allylic oxidation sites excluding steroid dienone is 1. The molecule has 3 rings (SSSR count). The number of benzene rings is 2. The van der Waals surface area contributed by atoms with Crippen molar-refractivity contribution in [2.75, 3.05) is 0 Å². The van der Waals surface area contributed by atoms with E-state index in [1.807, 2.05) is 73.8 Å². The first-order valence-corrected chi connectivity index (χ1v) is 6.60. The van der Waals surface area contributed by atoms with Crippen LogP contribution in [0.4, 0.5) is 0 Å². The van der Waals surface area contributed by atoms with Gasteiger partial charge in [0.1, 0.15) is 0 Å². The molecule has 2 nitrogen and oxygen atoms in total. The quantitative estimate of drug-likeness (QED) is 0.630. The third kappa shape index (κ3) is 2.28. The largest absolute Gasteiger partial charge is 0.283 e. The van der Waals surface area contributed by atoms with Crippen LogP contribution in [-0.4, -0.2) is 10.5 Å². The van der Waals surface area contributed by atoms with Crippen LogP contribution in [0.2, 0.25) is 0 Å². The number of carbonyl (C=O) groups is 1. The fraction of sp³-hybridized carbons (Fsp3) is 0.0556. The molecular weight excluding hydrogens is 246 g/mol. The Kier molecular flexibility index (Phi) is 3.21. The Balaban J connectivity index is 1.96. The summed E-state index contributed by atoms with van der Waals surface area (Å²) in [6.45, 7) is 2.02. The maximum absolute atomic E-state index is 12.3. The third-order valence-corrected chi connectivity index (χ3v) is 3.37. The number of hydrogen-bond acceptors (Lipinski definition) is 1. The molecule has 0 saturated carbocycles. The first-order chi connectivity index (χ1) is 9.75. The van der Waals surface area contributed by atoms with Crippen molar-refractivity contribution in [3.8, 4) is 0 Å². The van der Waals surface area contributed by atoms with Crippen LogP contribution >= 0.6 is 0 Å². The molecule has 0 amide bonds. The van der Waals surface area contributed by atoms with E-state index in [1.54, 1.807) is 10.6 Å². The lowest BCUT2D eigenvalue weighted by Gasteiger charge is -1.99. The first-order valence-electron chi connectivity index (χ1n) is 6.60. The van der Waals surface area contributed by atoms with Gasteiger partial charge in [-0.15, -0.1) is 0 Å². The van der Waals surface area contributed by atoms with Gasteiger partial charge in [-0.3, -0.25) is 9.36 Å². The normalized spacial score (nSPS) is 11.2. The monoisotopic (exact) mass is 261 g/mol. The van der Waals surface area contributed by atoms with E-state index in [0.717, 1.165) is 22.0 Å². The number of para-hydroxylation sites is 1. The molecule has 0 aliphatic heterocycles. The van der Waals surface area contributed by atoms with Gasteiger partial charge in [0.15, 0.2) is 0 Å². The Labute approximate surface area is 118 Å². The SMILES string of the molecule is Cc1cn(C(=O)/C=C/c2ccccc2)c2ccccc12. The van der Waals surface area contributed by atoms with Crippen LogP contribution in [0.3, 0.4) is 0 Å². The van der Waals surface area contributed by atoms with Gasteiger partial charge in [0.2, 0.25) is 0 Å². The zero-order valence-electron chi connectivity index (χ0n) is 11.3. The van der Waals surface area contributed by atoms with E-state index in [9.17, 15) is 4.79 Å². The standard InChI is InChI=1S/C18H15NO/c1-14-13-19(17-10-6-5-9-16(14)17)18(20)12-11-15-7-3-2-4-8-15/h2-13H,1H3/b12-11+. The zero-order chi connectivity index (χ0) is 13.9. The van der Waals surface area contributed by atoms with Crippen molar-refractivity contribution in [3.05, 3.63) is 78.0 Å². The summed E-state index contributed by atoms with van der Waals surface area (Å²) in [6, 6.07) is 17.8. The van der Waals surface area contributed by atoms with E-state index in [0.29, 0.717) is 0 Å². The van der Waals surface area contributed by atoms with Gasteiger partial charge in [-0.25, -0.2) is 0 Å².